The van der Waals surface area contributed by atoms with Crippen molar-refractivity contribution in [2.45, 2.75) is 26.4 Å². The molecule has 0 aliphatic rings. The van der Waals surface area contributed by atoms with E-state index in [1.165, 1.54) is 0 Å². The van der Waals surface area contributed by atoms with Gasteiger partial charge in [0.25, 0.3) is 0 Å². The molecule has 0 saturated heterocycles. The van der Waals surface area contributed by atoms with Crippen molar-refractivity contribution in [2.75, 3.05) is 19.0 Å². The van der Waals surface area contributed by atoms with Gasteiger partial charge in [-0.3, -0.25) is 0 Å². The highest BCUT2D eigenvalue weighted by Crippen LogP contribution is 2.11. The van der Waals surface area contributed by atoms with Gasteiger partial charge in [0.05, 0.1) is 6.10 Å². The van der Waals surface area contributed by atoms with Crippen molar-refractivity contribution >= 4 is 17.4 Å². The first kappa shape index (κ1) is 12.2. The van der Waals surface area contributed by atoms with Gasteiger partial charge in [0.2, 0.25) is 0 Å². The maximum atomic E-state index is 5.86. The van der Waals surface area contributed by atoms with E-state index in [0.29, 0.717) is 11.7 Å². The van der Waals surface area contributed by atoms with Crippen molar-refractivity contribution in [1.29, 1.82) is 0 Å². The summed E-state index contributed by atoms with van der Waals surface area (Å²) in [6.07, 6.45) is 0.915. The Kier molecular flexibility index (Phi) is 4.78. The van der Waals surface area contributed by atoms with Gasteiger partial charge < -0.3 is 10.1 Å². The fourth-order valence-electron chi connectivity index (χ4n) is 1.05. The maximum Gasteiger partial charge on any atom is 0.134 e. The van der Waals surface area contributed by atoms with Crippen LogP contribution in [0.5, 0.6) is 0 Å². The van der Waals surface area contributed by atoms with E-state index in [9.17, 15) is 0 Å². The lowest BCUT2D eigenvalue weighted by Crippen LogP contribution is -2.19. The molecule has 1 rings (SSSR count). The molecule has 0 bridgehead atoms. The number of methoxy groups -OCH3 is 1. The number of nitrogens with one attached hydrogen (secondary N) is 1. The predicted molar refractivity (Wildman–Crippen MR) is 61.4 cm³/mol. The fraction of sp³-hybridized carbons (Fsp3) is 0.600. The van der Waals surface area contributed by atoms with Crippen molar-refractivity contribution < 1.29 is 4.74 Å². The zero-order chi connectivity index (χ0) is 11.3. The summed E-state index contributed by atoms with van der Waals surface area (Å²) in [5.41, 5.74) is 0. The second kappa shape index (κ2) is 5.88. The summed E-state index contributed by atoms with van der Waals surface area (Å²) in [5.74, 6) is 1.49. The monoisotopic (exact) mass is 229 g/mol. The number of rotatable bonds is 5. The van der Waals surface area contributed by atoms with Crippen LogP contribution in [0.2, 0.25) is 5.15 Å². The van der Waals surface area contributed by atoms with E-state index < -0.39 is 0 Å². The molecule has 0 aliphatic carbocycles. The van der Waals surface area contributed by atoms with Crippen LogP contribution >= 0.6 is 11.6 Å². The molecule has 1 aromatic rings. The van der Waals surface area contributed by atoms with Crippen molar-refractivity contribution in [3.8, 4) is 0 Å². The Morgan fingerprint density at radius 3 is 2.87 bits per heavy atom. The minimum atomic E-state index is 0.142. The summed E-state index contributed by atoms with van der Waals surface area (Å²) in [6.45, 7) is 4.68. The van der Waals surface area contributed by atoms with Gasteiger partial charge in [-0.15, -0.1) is 0 Å². The molecule has 4 nitrogen and oxygen atoms in total. The largest absolute Gasteiger partial charge is 0.380 e. The first-order chi connectivity index (χ1) is 7.15. The Balaban J connectivity index is 2.64. The SMILES string of the molecule is CCc1nc(Cl)cc(NCC(C)OC)n1. The topological polar surface area (TPSA) is 47.0 Å². The second-order valence-corrected chi connectivity index (χ2v) is 3.66. The summed E-state index contributed by atoms with van der Waals surface area (Å²) in [6, 6.07) is 1.71. The molecule has 1 heterocycles. The van der Waals surface area contributed by atoms with E-state index >= 15 is 0 Å². The quantitative estimate of drug-likeness (QED) is 0.786. The van der Waals surface area contributed by atoms with Gasteiger partial charge in [-0.05, 0) is 6.92 Å². The van der Waals surface area contributed by atoms with Gasteiger partial charge in [-0.1, -0.05) is 18.5 Å². The molecule has 0 amide bonds. The molecule has 0 aromatic carbocycles. The number of nitrogens with zero attached hydrogens (tertiary/aromatic N) is 2. The molecule has 1 atom stereocenters. The number of ether oxygens (including phenoxy) is 1. The third-order valence-electron chi connectivity index (χ3n) is 2.03. The molecule has 1 unspecified atom stereocenters. The van der Waals surface area contributed by atoms with Crippen molar-refractivity contribution in [3.63, 3.8) is 0 Å². The summed E-state index contributed by atoms with van der Waals surface area (Å²) in [5, 5.41) is 3.62. The molecule has 84 valence electrons. The third kappa shape index (κ3) is 4.01. The zero-order valence-electron chi connectivity index (χ0n) is 9.25. The highest BCUT2D eigenvalue weighted by atomic mass is 35.5. The molecule has 1 N–H and O–H groups in total. The van der Waals surface area contributed by atoms with E-state index in [-0.39, 0.29) is 6.10 Å². The van der Waals surface area contributed by atoms with Crippen molar-refractivity contribution in [1.82, 2.24) is 9.97 Å². The van der Waals surface area contributed by atoms with Crippen LogP contribution in [0.25, 0.3) is 0 Å². The predicted octanol–water partition coefficient (Wildman–Crippen LogP) is 2.14. The summed E-state index contributed by atoms with van der Waals surface area (Å²) in [7, 11) is 1.68. The van der Waals surface area contributed by atoms with Crippen LogP contribution in [-0.2, 0) is 11.2 Å². The maximum absolute atomic E-state index is 5.86. The molecule has 15 heavy (non-hydrogen) atoms. The lowest BCUT2D eigenvalue weighted by Gasteiger charge is -2.11. The molecule has 0 saturated carbocycles. The third-order valence-corrected chi connectivity index (χ3v) is 2.22. The van der Waals surface area contributed by atoms with Crippen LogP contribution in [-0.4, -0.2) is 29.7 Å². The van der Waals surface area contributed by atoms with E-state index in [1.54, 1.807) is 13.2 Å². The molecule has 0 radical (unpaired) electrons. The number of anilines is 1. The van der Waals surface area contributed by atoms with E-state index in [0.717, 1.165) is 18.1 Å². The van der Waals surface area contributed by atoms with Gasteiger partial charge in [-0.25, -0.2) is 9.97 Å². The number of hydrogen-bond acceptors (Lipinski definition) is 4. The van der Waals surface area contributed by atoms with E-state index in [4.69, 9.17) is 16.3 Å². The molecular weight excluding hydrogens is 214 g/mol. The van der Waals surface area contributed by atoms with Crippen molar-refractivity contribution in [2.24, 2.45) is 0 Å². The lowest BCUT2D eigenvalue weighted by atomic mass is 10.4. The number of hydrogen-bond donors (Lipinski definition) is 1. The summed E-state index contributed by atoms with van der Waals surface area (Å²) >= 11 is 5.86. The molecular formula is C10H16ClN3O. The second-order valence-electron chi connectivity index (χ2n) is 3.27. The van der Waals surface area contributed by atoms with E-state index in [2.05, 4.69) is 15.3 Å². The first-order valence-corrected chi connectivity index (χ1v) is 5.33. The van der Waals surface area contributed by atoms with Crippen LogP contribution in [0.3, 0.4) is 0 Å². The molecule has 5 heteroatoms. The van der Waals surface area contributed by atoms with Gasteiger partial charge >= 0.3 is 0 Å². The standard InChI is InChI=1S/C10H16ClN3O/c1-4-9-13-8(11)5-10(14-9)12-6-7(2)15-3/h5,7H,4,6H2,1-3H3,(H,12,13,14). The molecule has 0 fully saturated rings. The Labute approximate surface area is 95.0 Å². The Bertz CT molecular complexity index is 320. The average molecular weight is 230 g/mol. The fourth-order valence-corrected chi connectivity index (χ4v) is 1.25. The lowest BCUT2D eigenvalue weighted by molar-refractivity contribution is 0.128. The minimum absolute atomic E-state index is 0.142. The van der Waals surface area contributed by atoms with Gasteiger partial charge in [0, 0.05) is 26.1 Å². The Morgan fingerprint density at radius 1 is 1.53 bits per heavy atom. The molecule has 0 spiro atoms. The van der Waals surface area contributed by atoms with Crippen molar-refractivity contribution in [3.05, 3.63) is 17.0 Å². The van der Waals surface area contributed by atoms with E-state index in [1.807, 2.05) is 13.8 Å². The smallest absolute Gasteiger partial charge is 0.134 e. The minimum Gasteiger partial charge on any atom is -0.380 e. The normalized spacial score (nSPS) is 12.5. The molecule has 1 aromatic heterocycles. The summed E-state index contributed by atoms with van der Waals surface area (Å²) in [4.78, 5) is 8.38. The van der Waals surface area contributed by atoms with Gasteiger partial charge in [-0.2, -0.15) is 0 Å². The van der Waals surface area contributed by atoms with Gasteiger partial charge in [0.15, 0.2) is 0 Å². The van der Waals surface area contributed by atoms with Crippen LogP contribution in [0, 0.1) is 0 Å². The number of halogens is 1. The highest BCUT2D eigenvalue weighted by molar-refractivity contribution is 6.29. The number of aryl methyl sites for hydroxylation is 1. The van der Waals surface area contributed by atoms with Crippen LogP contribution in [0.1, 0.15) is 19.7 Å². The summed E-state index contributed by atoms with van der Waals surface area (Å²) < 4.78 is 5.12. The van der Waals surface area contributed by atoms with Gasteiger partial charge in [0.1, 0.15) is 16.8 Å². The average Bonchev–Trinajstić information content (AvgIpc) is 2.25. The highest BCUT2D eigenvalue weighted by Gasteiger charge is 2.03. The van der Waals surface area contributed by atoms with Crippen LogP contribution < -0.4 is 5.32 Å². The van der Waals surface area contributed by atoms with Crippen LogP contribution in [0.4, 0.5) is 5.82 Å². The number of aromatic nitrogens is 2. The zero-order valence-corrected chi connectivity index (χ0v) is 10.0. The molecule has 0 aliphatic heterocycles. The Hall–Kier alpha value is -0.870. The Morgan fingerprint density at radius 2 is 2.27 bits per heavy atom. The first-order valence-electron chi connectivity index (χ1n) is 4.95. The van der Waals surface area contributed by atoms with Crippen LogP contribution in [0.15, 0.2) is 6.07 Å².